The normalized spacial score (nSPS) is 13.5. The van der Waals surface area contributed by atoms with Gasteiger partial charge >= 0.3 is 0 Å². The Morgan fingerprint density at radius 2 is 1.56 bits per heavy atom. The maximum atomic E-state index is 4.51. The predicted molar refractivity (Wildman–Crippen MR) is 174 cm³/mol. The van der Waals surface area contributed by atoms with Crippen LogP contribution in [0.15, 0.2) is 97.3 Å². The Labute approximate surface area is 262 Å². The number of fused-ring (bicyclic) bond motifs is 3. The van der Waals surface area contributed by atoms with E-state index in [2.05, 4.69) is 90.3 Å². The first-order chi connectivity index (χ1) is 19.5. The molecule has 0 amide bonds. The van der Waals surface area contributed by atoms with Crippen molar-refractivity contribution >= 4 is 44.8 Å². The van der Waals surface area contributed by atoms with Crippen LogP contribution in [0.2, 0.25) is 19.6 Å². The van der Waals surface area contributed by atoms with Crippen molar-refractivity contribution in [1.82, 2.24) is 9.97 Å². The smallest absolute Gasteiger partial charge is 0.0776 e. The molecule has 1 aliphatic carbocycles. The Balaban J connectivity index is 0.000000168. The second kappa shape index (κ2) is 12.9. The summed E-state index contributed by atoms with van der Waals surface area (Å²) in [5, 5.41) is 4.21. The first kappa shape index (κ1) is 29.5. The summed E-state index contributed by atoms with van der Waals surface area (Å²) in [6.45, 7) is 7.20. The summed E-state index contributed by atoms with van der Waals surface area (Å²) in [4.78, 5) is 8.96. The molecule has 3 heterocycles. The molecule has 7 rings (SSSR count). The molecular formula is C36H34IrN2SSi-2. The van der Waals surface area contributed by atoms with Crippen molar-refractivity contribution in [2.75, 3.05) is 0 Å². The van der Waals surface area contributed by atoms with Crippen molar-refractivity contribution in [3.05, 3.63) is 115 Å². The number of nitrogens with zero attached hydrogens (tertiary/aromatic N) is 2. The number of benzene rings is 3. The molecule has 0 bridgehead atoms. The van der Waals surface area contributed by atoms with Gasteiger partial charge in [-0.3, -0.25) is 0 Å². The molecule has 209 valence electrons. The van der Waals surface area contributed by atoms with Crippen molar-refractivity contribution in [2.24, 2.45) is 0 Å². The summed E-state index contributed by atoms with van der Waals surface area (Å²) < 4.78 is 2.63. The number of thiophene rings is 1. The summed E-state index contributed by atoms with van der Waals surface area (Å²) in [5.41, 5.74) is 5.70. The molecule has 1 radical (unpaired) electrons. The Hall–Kier alpha value is -2.95. The van der Waals surface area contributed by atoms with Gasteiger partial charge in [-0.15, -0.1) is 59.7 Å². The van der Waals surface area contributed by atoms with Gasteiger partial charge in [-0.2, -0.15) is 11.3 Å². The first-order valence-electron chi connectivity index (χ1n) is 14.2. The molecule has 0 aliphatic heterocycles. The number of hydrogen-bond acceptors (Lipinski definition) is 3. The summed E-state index contributed by atoms with van der Waals surface area (Å²) in [7, 11) is -1.30. The molecule has 41 heavy (non-hydrogen) atoms. The summed E-state index contributed by atoms with van der Waals surface area (Å²) >= 11 is 1.85. The molecule has 5 heteroatoms. The minimum absolute atomic E-state index is 0. The molecule has 0 atom stereocenters. The molecule has 3 aromatic carbocycles. The molecular weight excluding hydrogens is 713 g/mol. The van der Waals surface area contributed by atoms with E-state index in [1.807, 2.05) is 60.1 Å². The molecule has 0 N–H and O–H groups in total. The van der Waals surface area contributed by atoms with Crippen LogP contribution < -0.4 is 5.19 Å². The van der Waals surface area contributed by atoms with Crippen LogP contribution in [-0.2, 0) is 20.1 Å². The van der Waals surface area contributed by atoms with Crippen LogP contribution in [0, 0.1) is 12.1 Å². The molecule has 2 nitrogen and oxygen atoms in total. The Morgan fingerprint density at radius 1 is 0.756 bits per heavy atom. The van der Waals surface area contributed by atoms with E-state index in [-0.39, 0.29) is 20.1 Å². The maximum Gasteiger partial charge on any atom is 0.0776 e. The zero-order chi connectivity index (χ0) is 27.5. The second-order valence-electron chi connectivity index (χ2n) is 11.6. The van der Waals surface area contributed by atoms with E-state index in [0.717, 1.165) is 28.4 Å². The summed E-state index contributed by atoms with van der Waals surface area (Å²) in [6.07, 6.45) is 9.20. The minimum atomic E-state index is -1.30. The third-order valence-corrected chi connectivity index (χ3v) is 11.1. The van der Waals surface area contributed by atoms with Gasteiger partial charge in [0.15, 0.2) is 0 Å². The Kier molecular flexibility index (Phi) is 9.30. The van der Waals surface area contributed by atoms with E-state index in [4.69, 9.17) is 0 Å². The first-order valence-corrected chi connectivity index (χ1v) is 18.5. The number of pyridine rings is 2. The molecule has 0 spiro atoms. The van der Waals surface area contributed by atoms with Gasteiger partial charge in [0, 0.05) is 37.2 Å². The molecule has 1 aliphatic rings. The minimum Gasteiger partial charge on any atom is -0.305 e. The third-order valence-electron chi connectivity index (χ3n) is 7.81. The van der Waals surface area contributed by atoms with Crippen LogP contribution in [0.3, 0.4) is 0 Å². The van der Waals surface area contributed by atoms with E-state index in [1.54, 1.807) is 0 Å². The Morgan fingerprint density at radius 3 is 2.29 bits per heavy atom. The van der Waals surface area contributed by atoms with Crippen LogP contribution in [0.25, 0.3) is 42.7 Å². The van der Waals surface area contributed by atoms with Crippen molar-refractivity contribution in [3.63, 3.8) is 0 Å². The average molecular weight is 747 g/mol. The van der Waals surface area contributed by atoms with Gasteiger partial charge in [-0.05, 0) is 58.4 Å². The van der Waals surface area contributed by atoms with E-state index in [1.165, 1.54) is 56.6 Å². The fourth-order valence-corrected chi connectivity index (χ4v) is 7.92. The maximum absolute atomic E-state index is 4.51. The monoisotopic (exact) mass is 747 g/mol. The summed E-state index contributed by atoms with van der Waals surface area (Å²) in [5.74, 6) is 0.750. The van der Waals surface area contributed by atoms with Gasteiger partial charge in [-0.25, -0.2) is 0 Å². The van der Waals surface area contributed by atoms with Gasteiger partial charge in [-0.1, -0.05) is 79.0 Å². The average Bonchev–Trinajstić information content (AvgIpc) is 3.66. The van der Waals surface area contributed by atoms with Gasteiger partial charge < -0.3 is 9.97 Å². The zero-order valence-electron chi connectivity index (χ0n) is 23.8. The van der Waals surface area contributed by atoms with Crippen LogP contribution in [-0.4, -0.2) is 18.0 Å². The van der Waals surface area contributed by atoms with Crippen molar-refractivity contribution in [1.29, 1.82) is 0 Å². The van der Waals surface area contributed by atoms with E-state index >= 15 is 0 Å². The quantitative estimate of drug-likeness (QED) is 0.133. The summed E-state index contributed by atoms with van der Waals surface area (Å²) in [6, 6.07) is 36.3. The van der Waals surface area contributed by atoms with Crippen LogP contribution in [0.1, 0.15) is 37.2 Å². The molecule has 0 unspecified atom stereocenters. The molecule has 3 aromatic heterocycles. The van der Waals surface area contributed by atoms with E-state index < -0.39 is 8.07 Å². The standard InChI is InChI=1S/C20H18NSSi.C16H16N.Ir/c1-23(2,3)14-10-11-19-17(13-14)15-7-6-8-16(20(15)22-19)18-9-4-5-12-21-18;1-2-8-14(9-3-1)16-12-15(10-11-17-16)13-6-4-5-7-13;/h4-7,9-13H,1-3H3;1-3,8,10-13H,4-7H2;/q2*-1;. The fraction of sp³-hybridized carbons (Fsp3) is 0.222. The molecule has 1 fully saturated rings. The SMILES string of the molecule is C[Si](C)(C)c1ccc2sc3c(-c4ccccn4)[c-]ccc3c2c1.[Ir].[c-]1ccccc1-c1cc(C2CCCC2)ccn1. The van der Waals surface area contributed by atoms with Crippen molar-refractivity contribution in [2.45, 2.75) is 51.2 Å². The number of rotatable bonds is 4. The van der Waals surface area contributed by atoms with Crippen LogP contribution in [0.4, 0.5) is 0 Å². The number of hydrogen-bond donors (Lipinski definition) is 0. The van der Waals surface area contributed by atoms with Crippen molar-refractivity contribution in [3.8, 4) is 22.5 Å². The molecule has 6 aromatic rings. The van der Waals surface area contributed by atoms with Gasteiger partial charge in [0.05, 0.1) is 8.07 Å². The predicted octanol–water partition coefficient (Wildman–Crippen LogP) is 9.67. The van der Waals surface area contributed by atoms with E-state index in [9.17, 15) is 0 Å². The second-order valence-corrected chi connectivity index (χ2v) is 17.7. The molecule has 0 saturated heterocycles. The number of aromatic nitrogens is 2. The van der Waals surface area contributed by atoms with Crippen LogP contribution >= 0.6 is 11.3 Å². The largest absolute Gasteiger partial charge is 0.305 e. The molecule has 1 saturated carbocycles. The zero-order valence-corrected chi connectivity index (χ0v) is 28.0. The van der Waals surface area contributed by atoms with Gasteiger partial charge in [0.1, 0.15) is 0 Å². The third kappa shape index (κ3) is 6.60. The van der Waals surface area contributed by atoms with Crippen molar-refractivity contribution < 1.29 is 20.1 Å². The van der Waals surface area contributed by atoms with E-state index in [0.29, 0.717) is 0 Å². The van der Waals surface area contributed by atoms with Gasteiger partial charge in [0.2, 0.25) is 0 Å². The topological polar surface area (TPSA) is 25.8 Å². The van der Waals surface area contributed by atoms with Crippen LogP contribution in [0.5, 0.6) is 0 Å². The van der Waals surface area contributed by atoms with Gasteiger partial charge in [0.25, 0.3) is 0 Å². The fourth-order valence-electron chi connectivity index (χ4n) is 5.57. The Bertz CT molecular complexity index is 1740.